The van der Waals surface area contributed by atoms with Gasteiger partial charge in [-0.25, -0.2) is 9.78 Å². The van der Waals surface area contributed by atoms with Crippen LogP contribution in [0.3, 0.4) is 0 Å². The maximum atomic E-state index is 12.7. The van der Waals surface area contributed by atoms with Crippen LogP contribution in [0.15, 0.2) is 84.9 Å². The van der Waals surface area contributed by atoms with Gasteiger partial charge in [0, 0.05) is 13.6 Å². The molecule has 146 valence electrons. The van der Waals surface area contributed by atoms with E-state index in [1.165, 1.54) is 5.56 Å². The van der Waals surface area contributed by atoms with E-state index >= 15 is 0 Å². The summed E-state index contributed by atoms with van der Waals surface area (Å²) in [5.74, 6) is 0.801. The maximum Gasteiger partial charge on any atom is 0.315 e. The second-order valence-electron chi connectivity index (χ2n) is 7.00. The first-order chi connectivity index (χ1) is 14.2. The minimum Gasteiger partial charge on any atom is -0.338 e. The van der Waals surface area contributed by atoms with Crippen LogP contribution in [-0.4, -0.2) is 22.1 Å². The summed E-state index contributed by atoms with van der Waals surface area (Å²) in [7, 11) is 1.98. The monoisotopic (exact) mass is 384 g/mol. The molecule has 0 aliphatic heterocycles. The number of nitrogens with zero attached hydrogens (tertiary/aromatic N) is 2. The molecule has 1 aromatic heterocycles. The molecule has 1 atom stereocenters. The summed E-state index contributed by atoms with van der Waals surface area (Å²) in [4.78, 5) is 17.4. The van der Waals surface area contributed by atoms with Crippen LogP contribution >= 0.6 is 0 Å². The van der Waals surface area contributed by atoms with Crippen LogP contribution in [0.4, 0.5) is 4.79 Å². The largest absolute Gasteiger partial charge is 0.338 e. The molecule has 5 nitrogen and oxygen atoms in total. The Kier molecular flexibility index (Phi) is 5.56. The molecule has 4 aromatic rings. The molecule has 0 aliphatic carbocycles. The summed E-state index contributed by atoms with van der Waals surface area (Å²) in [5.41, 5.74) is 4.14. The van der Waals surface area contributed by atoms with Gasteiger partial charge in [0.25, 0.3) is 0 Å². The van der Waals surface area contributed by atoms with Crippen molar-refractivity contribution in [2.75, 3.05) is 6.54 Å². The van der Waals surface area contributed by atoms with Crippen LogP contribution in [0.5, 0.6) is 0 Å². The normalized spacial score (nSPS) is 11.9. The lowest BCUT2D eigenvalue weighted by Crippen LogP contribution is -2.40. The molecule has 4 rings (SSSR count). The zero-order chi connectivity index (χ0) is 20.1. The van der Waals surface area contributed by atoms with Crippen molar-refractivity contribution >= 4 is 17.1 Å². The summed E-state index contributed by atoms with van der Waals surface area (Å²) < 4.78 is 2.04. The van der Waals surface area contributed by atoms with Gasteiger partial charge in [-0.05, 0) is 29.7 Å². The number of carbonyl (C=O) groups is 1. The van der Waals surface area contributed by atoms with Crippen molar-refractivity contribution in [1.29, 1.82) is 0 Å². The molecule has 0 fully saturated rings. The number of carbonyl (C=O) groups excluding carboxylic acids is 1. The molecule has 1 unspecified atom stereocenters. The molecular formula is C24H24N4O. The molecule has 29 heavy (non-hydrogen) atoms. The van der Waals surface area contributed by atoms with Crippen molar-refractivity contribution < 1.29 is 4.79 Å². The summed E-state index contributed by atoms with van der Waals surface area (Å²) in [6.07, 6.45) is 0.788. The Labute approximate surface area is 170 Å². The number of fused-ring (bicyclic) bond motifs is 1. The Morgan fingerprint density at radius 1 is 0.931 bits per heavy atom. The van der Waals surface area contributed by atoms with Crippen molar-refractivity contribution in [3.63, 3.8) is 0 Å². The molecule has 2 N–H and O–H groups in total. The number of nitrogens with one attached hydrogen (secondary N) is 2. The van der Waals surface area contributed by atoms with Gasteiger partial charge in [0.15, 0.2) is 0 Å². The van der Waals surface area contributed by atoms with Crippen LogP contribution in [0.1, 0.15) is 23.0 Å². The molecule has 0 bridgehead atoms. The minimum atomic E-state index is -0.342. The number of imidazole rings is 1. The molecule has 1 heterocycles. The molecule has 2 amide bonds. The van der Waals surface area contributed by atoms with Crippen molar-refractivity contribution in [2.24, 2.45) is 7.05 Å². The average Bonchev–Trinajstić information content (AvgIpc) is 3.10. The van der Waals surface area contributed by atoms with E-state index in [2.05, 4.69) is 22.8 Å². The standard InChI is InChI=1S/C24H24N4O/c1-28-21-15-9-8-14-20(21)26-23(28)22(19-12-6-3-7-13-19)27-24(29)25-17-16-18-10-4-2-5-11-18/h2-15,22H,16-17H2,1H3,(H2,25,27,29). The van der Waals surface area contributed by atoms with E-state index in [1.54, 1.807) is 0 Å². The Morgan fingerprint density at radius 2 is 1.59 bits per heavy atom. The molecule has 0 radical (unpaired) electrons. The zero-order valence-corrected chi connectivity index (χ0v) is 16.4. The summed E-state index contributed by atoms with van der Waals surface area (Å²) in [6.45, 7) is 0.569. The molecule has 3 aromatic carbocycles. The second kappa shape index (κ2) is 8.61. The van der Waals surface area contributed by atoms with E-state index in [0.29, 0.717) is 6.54 Å². The molecule has 0 spiro atoms. The second-order valence-corrected chi connectivity index (χ2v) is 7.00. The smallest absolute Gasteiger partial charge is 0.315 e. The van der Waals surface area contributed by atoms with E-state index in [0.717, 1.165) is 28.8 Å². The number of urea groups is 1. The lowest BCUT2D eigenvalue weighted by molar-refractivity contribution is 0.238. The molecule has 0 saturated carbocycles. The average molecular weight is 384 g/mol. The van der Waals surface area contributed by atoms with Gasteiger partial charge in [-0.2, -0.15) is 0 Å². The first-order valence-corrected chi connectivity index (χ1v) is 9.77. The predicted molar refractivity (Wildman–Crippen MR) is 116 cm³/mol. The van der Waals surface area contributed by atoms with Gasteiger partial charge >= 0.3 is 6.03 Å². The third kappa shape index (κ3) is 4.29. The first kappa shape index (κ1) is 18.7. The van der Waals surface area contributed by atoms with E-state index < -0.39 is 0 Å². The van der Waals surface area contributed by atoms with Crippen LogP contribution in [0, 0.1) is 0 Å². The van der Waals surface area contributed by atoms with Crippen LogP contribution in [-0.2, 0) is 13.5 Å². The Balaban J connectivity index is 1.53. The zero-order valence-electron chi connectivity index (χ0n) is 16.4. The first-order valence-electron chi connectivity index (χ1n) is 9.77. The van der Waals surface area contributed by atoms with Crippen molar-refractivity contribution in [1.82, 2.24) is 20.2 Å². The summed E-state index contributed by atoms with van der Waals surface area (Å²) in [5, 5.41) is 6.07. The number of aryl methyl sites for hydroxylation is 1. The van der Waals surface area contributed by atoms with E-state index in [4.69, 9.17) is 4.98 Å². The number of amides is 2. The fraction of sp³-hybridized carbons (Fsp3) is 0.167. The van der Waals surface area contributed by atoms with Crippen molar-refractivity contribution in [3.8, 4) is 0 Å². The van der Waals surface area contributed by atoms with E-state index in [9.17, 15) is 4.79 Å². The van der Waals surface area contributed by atoms with Gasteiger partial charge in [0.1, 0.15) is 11.9 Å². The van der Waals surface area contributed by atoms with Crippen molar-refractivity contribution in [2.45, 2.75) is 12.5 Å². The van der Waals surface area contributed by atoms with Gasteiger partial charge < -0.3 is 15.2 Å². The minimum absolute atomic E-state index is 0.207. The summed E-state index contributed by atoms with van der Waals surface area (Å²) in [6, 6.07) is 27.5. The van der Waals surface area contributed by atoms with Gasteiger partial charge in [-0.15, -0.1) is 0 Å². The molecule has 0 aliphatic rings. The lowest BCUT2D eigenvalue weighted by Gasteiger charge is -2.19. The number of benzene rings is 3. The van der Waals surface area contributed by atoms with Crippen LogP contribution < -0.4 is 10.6 Å². The fourth-order valence-corrected chi connectivity index (χ4v) is 3.51. The third-order valence-corrected chi connectivity index (χ3v) is 5.03. The highest BCUT2D eigenvalue weighted by Gasteiger charge is 2.22. The highest BCUT2D eigenvalue weighted by molar-refractivity contribution is 5.77. The molecule has 0 saturated heterocycles. The van der Waals surface area contributed by atoms with Gasteiger partial charge in [0.2, 0.25) is 0 Å². The highest BCUT2D eigenvalue weighted by Crippen LogP contribution is 2.24. The number of hydrogen-bond donors (Lipinski definition) is 2. The maximum absolute atomic E-state index is 12.7. The van der Waals surface area contributed by atoms with E-state index in [-0.39, 0.29) is 12.1 Å². The lowest BCUT2D eigenvalue weighted by atomic mass is 10.1. The predicted octanol–water partition coefficient (Wildman–Crippen LogP) is 4.20. The fourth-order valence-electron chi connectivity index (χ4n) is 3.51. The van der Waals surface area contributed by atoms with Crippen LogP contribution in [0.2, 0.25) is 0 Å². The summed E-state index contributed by atoms with van der Waals surface area (Å²) >= 11 is 0. The number of rotatable bonds is 6. The third-order valence-electron chi connectivity index (χ3n) is 5.03. The van der Waals surface area contributed by atoms with Crippen molar-refractivity contribution in [3.05, 3.63) is 102 Å². The van der Waals surface area contributed by atoms with Gasteiger partial charge in [-0.3, -0.25) is 0 Å². The topological polar surface area (TPSA) is 59.0 Å². The molecular weight excluding hydrogens is 360 g/mol. The Morgan fingerprint density at radius 3 is 2.31 bits per heavy atom. The van der Waals surface area contributed by atoms with Gasteiger partial charge in [-0.1, -0.05) is 72.8 Å². The number of hydrogen-bond acceptors (Lipinski definition) is 2. The highest BCUT2D eigenvalue weighted by atomic mass is 16.2. The van der Waals surface area contributed by atoms with E-state index in [1.807, 2.05) is 84.4 Å². The quantitative estimate of drug-likeness (QED) is 0.523. The molecule has 5 heteroatoms. The Bertz CT molecular complexity index is 1090. The SMILES string of the molecule is Cn1c(C(NC(=O)NCCc2ccccc2)c2ccccc2)nc2ccccc21. The van der Waals surface area contributed by atoms with Crippen LogP contribution in [0.25, 0.3) is 11.0 Å². The Hall–Kier alpha value is -3.60. The van der Waals surface area contributed by atoms with Gasteiger partial charge in [0.05, 0.1) is 11.0 Å². The number of para-hydroxylation sites is 2. The number of aromatic nitrogens is 2.